The Balaban J connectivity index is 1.46. The monoisotopic (exact) mass is 366 g/mol. The van der Waals surface area contributed by atoms with E-state index in [0.29, 0.717) is 23.8 Å². The third kappa shape index (κ3) is 3.15. The fourth-order valence-corrected chi connectivity index (χ4v) is 4.57. The number of imidazole rings is 1. The second-order valence-electron chi connectivity index (χ2n) is 6.02. The molecule has 2 aromatic carbocycles. The van der Waals surface area contributed by atoms with Gasteiger partial charge in [-0.25, -0.2) is 13.4 Å². The highest BCUT2D eigenvalue weighted by molar-refractivity contribution is 7.91. The van der Waals surface area contributed by atoms with Gasteiger partial charge in [0.25, 0.3) is 0 Å². The van der Waals surface area contributed by atoms with Crippen molar-refractivity contribution in [3.63, 3.8) is 0 Å². The molecule has 0 aliphatic rings. The summed E-state index contributed by atoms with van der Waals surface area (Å²) in [4.78, 5) is 4.58. The second-order valence-corrected chi connectivity index (χ2v) is 8.10. The number of fused-ring (bicyclic) bond motifs is 2. The van der Waals surface area contributed by atoms with Crippen molar-refractivity contribution in [2.24, 2.45) is 0 Å². The third-order valence-corrected chi connectivity index (χ3v) is 6.14. The standard InChI is InChI=1S/C20H18N2O3S/c23-26(24,18-9-3-7-16-6-1-2-8-17(16)18)15-5-14-25-20-11-4-10-19-21-12-13-22(19)20/h1-4,6-13H,5,14-15H2. The summed E-state index contributed by atoms with van der Waals surface area (Å²) >= 11 is 0. The number of pyridine rings is 1. The average molecular weight is 366 g/mol. The fraction of sp³-hybridized carbons (Fsp3) is 0.150. The zero-order chi connectivity index (χ0) is 18.0. The second kappa shape index (κ2) is 6.80. The molecular formula is C20H18N2O3S. The van der Waals surface area contributed by atoms with Gasteiger partial charge < -0.3 is 4.74 Å². The summed E-state index contributed by atoms with van der Waals surface area (Å²) in [5.74, 6) is 0.698. The summed E-state index contributed by atoms with van der Waals surface area (Å²) in [5, 5.41) is 1.69. The van der Waals surface area contributed by atoms with Gasteiger partial charge in [-0.2, -0.15) is 0 Å². The van der Waals surface area contributed by atoms with Crippen LogP contribution < -0.4 is 4.74 Å². The van der Waals surface area contributed by atoms with Crippen molar-refractivity contribution in [3.05, 3.63) is 73.1 Å². The number of hydrogen-bond acceptors (Lipinski definition) is 4. The molecule has 0 fully saturated rings. The molecule has 6 heteroatoms. The van der Waals surface area contributed by atoms with Crippen molar-refractivity contribution in [2.75, 3.05) is 12.4 Å². The van der Waals surface area contributed by atoms with E-state index in [2.05, 4.69) is 4.98 Å². The molecule has 0 unspecified atom stereocenters. The van der Waals surface area contributed by atoms with Crippen molar-refractivity contribution in [3.8, 4) is 5.88 Å². The van der Waals surface area contributed by atoms with Crippen LogP contribution in [-0.4, -0.2) is 30.2 Å². The minimum atomic E-state index is -3.37. The Hall–Kier alpha value is -2.86. The van der Waals surface area contributed by atoms with Crippen LogP contribution in [0.1, 0.15) is 6.42 Å². The van der Waals surface area contributed by atoms with E-state index >= 15 is 0 Å². The highest BCUT2D eigenvalue weighted by atomic mass is 32.2. The van der Waals surface area contributed by atoms with Crippen molar-refractivity contribution in [1.29, 1.82) is 0 Å². The van der Waals surface area contributed by atoms with Gasteiger partial charge in [0.05, 0.1) is 17.3 Å². The number of nitrogens with zero attached hydrogens (tertiary/aromatic N) is 2. The Kier molecular flexibility index (Phi) is 4.34. The molecule has 0 atom stereocenters. The number of sulfone groups is 1. The highest BCUT2D eigenvalue weighted by Gasteiger charge is 2.17. The minimum absolute atomic E-state index is 0.0426. The highest BCUT2D eigenvalue weighted by Crippen LogP contribution is 2.24. The first kappa shape index (κ1) is 16.6. The van der Waals surface area contributed by atoms with Gasteiger partial charge in [-0.05, 0) is 30.0 Å². The van der Waals surface area contributed by atoms with Crippen LogP contribution in [0.4, 0.5) is 0 Å². The van der Waals surface area contributed by atoms with Crippen LogP contribution in [0.2, 0.25) is 0 Å². The van der Waals surface area contributed by atoms with E-state index < -0.39 is 9.84 Å². The van der Waals surface area contributed by atoms with Crippen LogP contribution in [0.25, 0.3) is 16.4 Å². The summed E-state index contributed by atoms with van der Waals surface area (Å²) < 4.78 is 33.1. The summed E-state index contributed by atoms with van der Waals surface area (Å²) in [6.07, 6.45) is 3.93. The van der Waals surface area contributed by atoms with Gasteiger partial charge in [-0.1, -0.05) is 42.5 Å². The lowest BCUT2D eigenvalue weighted by atomic mass is 10.1. The van der Waals surface area contributed by atoms with Gasteiger partial charge in [0.1, 0.15) is 5.65 Å². The molecule has 0 N–H and O–H groups in total. The van der Waals surface area contributed by atoms with Gasteiger partial charge in [0, 0.05) is 17.8 Å². The summed E-state index contributed by atoms with van der Waals surface area (Å²) in [7, 11) is -3.37. The number of aromatic nitrogens is 2. The Labute approximate surface area is 151 Å². The molecule has 0 radical (unpaired) electrons. The van der Waals surface area contributed by atoms with Crippen molar-refractivity contribution in [2.45, 2.75) is 11.3 Å². The van der Waals surface area contributed by atoms with E-state index in [1.54, 1.807) is 18.3 Å². The quantitative estimate of drug-likeness (QED) is 0.488. The lowest BCUT2D eigenvalue weighted by Gasteiger charge is -2.10. The molecule has 4 aromatic rings. The molecule has 4 rings (SSSR count). The lowest BCUT2D eigenvalue weighted by Crippen LogP contribution is -2.11. The van der Waals surface area contributed by atoms with Gasteiger partial charge in [0.15, 0.2) is 15.7 Å². The fourth-order valence-electron chi connectivity index (χ4n) is 3.04. The first-order chi connectivity index (χ1) is 12.6. The van der Waals surface area contributed by atoms with Gasteiger partial charge in [0.2, 0.25) is 0 Å². The predicted octanol–water partition coefficient (Wildman–Crippen LogP) is 3.73. The zero-order valence-corrected chi connectivity index (χ0v) is 14.9. The molecule has 132 valence electrons. The summed E-state index contributed by atoms with van der Waals surface area (Å²) in [6, 6.07) is 18.5. The van der Waals surface area contributed by atoms with E-state index in [0.717, 1.165) is 16.4 Å². The van der Waals surface area contributed by atoms with Crippen LogP contribution in [0, 0.1) is 0 Å². The van der Waals surface area contributed by atoms with E-state index in [-0.39, 0.29) is 5.75 Å². The molecule has 0 spiro atoms. The normalized spacial score (nSPS) is 11.8. The molecule has 2 heterocycles. The smallest absolute Gasteiger partial charge is 0.199 e. The molecule has 0 saturated carbocycles. The maximum Gasteiger partial charge on any atom is 0.199 e. The summed E-state index contributed by atoms with van der Waals surface area (Å²) in [6.45, 7) is 0.321. The van der Waals surface area contributed by atoms with Crippen LogP contribution in [0.5, 0.6) is 5.88 Å². The molecule has 0 aliphatic carbocycles. The molecular weight excluding hydrogens is 348 g/mol. The molecule has 0 bridgehead atoms. The van der Waals surface area contributed by atoms with Crippen LogP contribution in [-0.2, 0) is 9.84 Å². The summed E-state index contributed by atoms with van der Waals surface area (Å²) in [5.41, 5.74) is 0.797. The van der Waals surface area contributed by atoms with Crippen molar-refractivity contribution >= 4 is 26.3 Å². The third-order valence-electron chi connectivity index (χ3n) is 4.28. The van der Waals surface area contributed by atoms with E-state index in [4.69, 9.17) is 4.74 Å². The van der Waals surface area contributed by atoms with Crippen LogP contribution >= 0.6 is 0 Å². The van der Waals surface area contributed by atoms with Crippen molar-refractivity contribution < 1.29 is 13.2 Å². The largest absolute Gasteiger partial charge is 0.479 e. The van der Waals surface area contributed by atoms with Gasteiger partial charge in [-0.15, -0.1) is 0 Å². The zero-order valence-electron chi connectivity index (χ0n) is 14.1. The predicted molar refractivity (Wildman–Crippen MR) is 101 cm³/mol. The van der Waals surface area contributed by atoms with Crippen LogP contribution in [0.3, 0.4) is 0 Å². The van der Waals surface area contributed by atoms with E-state index in [1.807, 2.05) is 59.1 Å². The molecule has 26 heavy (non-hydrogen) atoms. The Morgan fingerprint density at radius 1 is 0.962 bits per heavy atom. The van der Waals surface area contributed by atoms with Gasteiger partial charge in [-0.3, -0.25) is 4.40 Å². The minimum Gasteiger partial charge on any atom is -0.479 e. The molecule has 0 saturated heterocycles. The lowest BCUT2D eigenvalue weighted by molar-refractivity contribution is 0.302. The maximum atomic E-state index is 12.8. The van der Waals surface area contributed by atoms with Crippen molar-refractivity contribution in [1.82, 2.24) is 9.38 Å². The van der Waals surface area contributed by atoms with Gasteiger partial charge >= 0.3 is 0 Å². The van der Waals surface area contributed by atoms with Crippen LogP contribution in [0.15, 0.2) is 78.0 Å². The SMILES string of the molecule is O=S(=O)(CCCOc1cccc2nccn12)c1cccc2ccccc12. The Bertz CT molecular complexity index is 1160. The first-order valence-electron chi connectivity index (χ1n) is 8.40. The molecule has 2 aromatic heterocycles. The first-order valence-corrected chi connectivity index (χ1v) is 10.1. The number of rotatable bonds is 6. The maximum absolute atomic E-state index is 12.8. The Morgan fingerprint density at radius 2 is 1.77 bits per heavy atom. The van der Waals surface area contributed by atoms with E-state index in [1.165, 1.54) is 0 Å². The van der Waals surface area contributed by atoms with E-state index in [9.17, 15) is 8.42 Å². The Morgan fingerprint density at radius 3 is 2.69 bits per heavy atom. The number of benzene rings is 2. The average Bonchev–Trinajstić information content (AvgIpc) is 3.14. The molecule has 0 aliphatic heterocycles. The number of ether oxygens (including phenoxy) is 1. The molecule has 0 amide bonds. The molecule has 5 nitrogen and oxygen atoms in total. The topological polar surface area (TPSA) is 60.7 Å². The number of hydrogen-bond donors (Lipinski definition) is 0.